The highest BCUT2D eigenvalue weighted by Crippen LogP contribution is 2.20. The Morgan fingerprint density at radius 1 is 1.23 bits per heavy atom. The molecule has 6 heteroatoms. The minimum atomic E-state index is -0.461. The molecule has 0 bridgehead atoms. The Kier molecular flexibility index (Phi) is 5.15. The van der Waals surface area contributed by atoms with E-state index in [9.17, 15) is 9.59 Å². The van der Waals surface area contributed by atoms with Crippen molar-refractivity contribution in [2.75, 3.05) is 13.1 Å². The van der Waals surface area contributed by atoms with Gasteiger partial charge in [-0.05, 0) is 32.9 Å². The van der Waals surface area contributed by atoms with Gasteiger partial charge in [0.25, 0.3) is 5.91 Å². The van der Waals surface area contributed by atoms with Crippen LogP contribution < -0.4 is 10.8 Å². The molecule has 6 nitrogen and oxygen atoms in total. The van der Waals surface area contributed by atoms with Gasteiger partial charge in [0, 0.05) is 24.7 Å². The van der Waals surface area contributed by atoms with Gasteiger partial charge in [0.05, 0.1) is 12.0 Å². The van der Waals surface area contributed by atoms with Gasteiger partial charge in [-0.25, -0.2) is 5.48 Å². The third-order valence-electron chi connectivity index (χ3n) is 4.16. The fraction of sp³-hybridized carbons (Fsp3) is 0.500. The number of rotatable bonds is 4. The number of benzene rings is 1. The van der Waals surface area contributed by atoms with Crippen molar-refractivity contribution in [1.29, 1.82) is 0 Å². The van der Waals surface area contributed by atoms with Crippen LogP contribution in [0.2, 0.25) is 0 Å². The van der Waals surface area contributed by atoms with E-state index in [1.165, 1.54) is 0 Å². The summed E-state index contributed by atoms with van der Waals surface area (Å²) in [5.74, 6) is -1.12. The van der Waals surface area contributed by atoms with Gasteiger partial charge in [-0.1, -0.05) is 17.7 Å². The van der Waals surface area contributed by atoms with E-state index >= 15 is 0 Å². The first-order chi connectivity index (χ1) is 10.4. The molecular weight excluding hydrogens is 282 g/mol. The van der Waals surface area contributed by atoms with Gasteiger partial charge in [-0.3, -0.25) is 19.7 Å². The third-order valence-corrected chi connectivity index (χ3v) is 4.16. The predicted molar refractivity (Wildman–Crippen MR) is 82.6 cm³/mol. The number of nitrogens with one attached hydrogen (secondary N) is 2. The molecule has 22 heavy (non-hydrogen) atoms. The van der Waals surface area contributed by atoms with Crippen molar-refractivity contribution in [3.05, 3.63) is 35.4 Å². The first-order valence-electron chi connectivity index (χ1n) is 7.48. The van der Waals surface area contributed by atoms with Gasteiger partial charge in [-0.15, -0.1) is 0 Å². The van der Waals surface area contributed by atoms with Crippen molar-refractivity contribution in [2.24, 2.45) is 5.92 Å². The first kappa shape index (κ1) is 16.5. The Morgan fingerprint density at radius 2 is 1.86 bits per heavy atom. The summed E-state index contributed by atoms with van der Waals surface area (Å²) in [7, 11) is 0. The van der Waals surface area contributed by atoms with E-state index in [4.69, 9.17) is 5.21 Å². The molecule has 3 N–H and O–H groups in total. The number of aryl methyl sites for hydroxylation is 1. The lowest BCUT2D eigenvalue weighted by Gasteiger charge is -2.20. The highest BCUT2D eigenvalue weighted by atomic mass is 16.5. The van der Waals surface area contributed by atoms with Crippen molar-refractivity contribution in [3.8, 4) is 0 Å². The molecule has 2 amide bonds. The van der Waals surface area contributed by atoms with E-state index in [1.807, 2.05) is 32.9 Å². The highest BCUT2D eigenvalue weighted by Gasteiger charge is 2.39. The minimum Gasteiger partial charge on any atom is -0.347 e. The number of hydroxylamine groups is 1. The Balaban J connectivity index is 2.09. The second-order valence-electron chi connectivity index (χ2n) is 6.08. The van der Waals surface area contributed by atoms with Crippen LogP contribution >= 0.6 is 0 Å². The van der Waals surface area contributed by atoms with E-state index in [2.05, 4.69) is 10.2 Å². The Labute approximate surface area is 130 Å². The normalized spacial score (nSPS) is 21.9. The number of amides is 2. The van der Waals surface area contributed by atoms with Gasteiger partial charge in [0.1, 0.15) is 0 Å². The lowest BCUT2D eigenvalue weighted by molar-refractivity contribution is -0.133. The Hall–Kier alpha value is -1.92. The maximum absolute atomic E-state index is 12.3. The van der Waals surface area contributed by atoms with Crippen LogP contribution in [0.1, 0.15) is 29.8 Å². The molecule has 2 atom stereocenters. The molecule has 1 saturated heterocycles. The molecule has 2 rings (SSSR count). The van der Waals surface area contributed by atoms with Crippen LogP contribution in [0.5, 0.6) is 0 Å². The summed E-state index contributed by atoms with van der Waals surface area (Å²) in [6.45, 7) is 7.15. The van der Waals surface area contributed by atoms with Crippen LogP contribution in [-0.2, 0) is 4.79 Å². The van der Waals surface area contributed by atoms with E-state index in [0.29, 0.717) is 18.7 Å². The number of nitrogens with zero attached hydrogens (tertiary/aromatic N) is 1. The Bertz CT molecular complexity index is 542. The molecule has 1 aromatic rings. The number of carbonyl (C=O) groups excluding carboxylic acids is 2. The van der Waals surface area contributed by atoms with Crippen LogP contribution in [0.4, 0.5) is 0 Å². The summed E-state index contributed by atoms with van der Waals surface area (Å²) in [5, 5.41) is 11.8. The largest absolute Gasteiger partial charge is 0.347 e. The fourth-order valence-electron chi connectivity index (χ4n) is 2.71. The van der Waals surface area contributed by atoms with Crippen molar-refractivity contribution in [3.63, 3.8) is 0 Å². The third kappa shape index (κ3) is 3.64. The van der Waals surface area contributed by atoms with Crippen LogP contribution in [0.15, 0.2) is 24.3 Å². The summed E-state index contributed by atoms with van der Waals surface area (Å²) in [6.07, 6.45) is 0. The molecule has 1 aliphatic heterocycles. The van der Waals surface area contributed by atoms with E-state index in [1.54, 1.807) is 17.6 Å². The van der Waals surface area contributed by atoms with Crippen molar-refractivity contribution >= 4 is 11.8 Å². The molecule has 2 unspecified atom stereocenters. The average molecular weight is 305 g/mol. The van der Waals surface area contributed by atoms with Gasteiger partial charge in [0.15, 0.2) is 0 Å². The summed E-state index contributed by atoms with van der Waals surface area (Å²) >= 11 is 0. The Morgan fingerprint density at radius 3 is 2.41 bits per heavy atom. The topological polar surface area (TPSA) is 81.7 Å². The maximum Gasteiger partial charge on any atom is 0.251 e. The number of carbonyl (C=O) groups is 2. The summed E-state index contributed by atoms with van der Waals surface area (Å²) in [4.78, 5) is 26.2. The van der Waals surface area contributed by atoms with Gasteiger partial charge >= 0.3 is 0 Å². The van der Waals surface area contributed by atoms with Crippen molar-refractivity contribution in [2.45, 2.75) is 32.9 Å². The summed E-state index contributed by atoms with van der Waals surface area (Å²) in [6, 6.07) is 7.24. The van der Waals surface area contributed by atoms with Crippen molar-refractivity contribution < 1.29 is 14.8 Å². The smallest absolute Gasteiger partial charge is 0.251 e. The second kappa shape index (κ2) is 6.89. The van der Waals surface area contributed by atoms with Gasteiger partial charge in [-0.2, -0.15) is 0 Å². The molecule has 0 aromatic heterocycles. The van der Waals surface area contributed by atoms with Crippen LogP contribution in [-0.4, -0.2) is 47.1 Å². The second-order valence-corrected chi connectivity index (χ2v) is 6.08. The first-order valence-corrected chi connectivity index (χ1v) is 7.48. The molecule has 120 valence electrons. The van der Waals surface area contributed by atoms with Crippen LogP contribution in [0.3, 0.4) is 0 Å². The van der Waals surface area contributed by atoms with Crippen LogP contribution in [0.25, 0.3) is 0 Å². The average Bonchev–Trinajstić information content (AvgIpc) is 2.91. The lowest BCUT2D eigenvalue weighted by atomic mass is 10.0. The molecule has 0 spiro atoms. The van der Waals surface area contributed by atoms with E-state index in [-0.39, 0.29) is 18.0 Å². The standard InChI is InChI=1S/C16H23N3O3/c1-10(2)19-8-13(16(21)18-22)14(9-19)17-15(20)12-6-4-11(3)5-7-12/h4-7,10,13-14,22H,8-9H2,1-3H3,(H,17,20)(H,18,21). The van der Waals surface area contributed by atoms with Gasteiger partial charge in [0.2, 0.25) is 5.91 Å². The molecular formula is C16H23N3O3. The number of likely N-dealkylation sites (tertiary alicyclic amines) is 1. The monoisotopic (exact) mass is 305 g/mol. The molecule has 1 aliphatic rings. The SMILES string of the molecule is Cc1ccc(C(=O)NC2CN(C(C)C)CC2C(=O)NO)cc1. The summed E-state index contributed by atoms with van der Waals surface area (Å²) < 4.78 is 0. The van der Waals surface area contributed by atoms with Gasteiger partial charge < -0.3 is 5.32 Å². The lowest BCUT2D eigenvalue weighted by Crippen LogP contribution is -2.45. The van der Waals surface area contributed by atoms with Crippen LogP contribution in [0, 0.1) is 12.8 Å². The minimum absolute atomic E-state index is 0.202. The predicted octanol–water partition coefficient (Wildman–Crippen LogP) is 0.939. The molecule has 1 fully saturated rings. The van der Waals surface area contributed by atoms with E-state index < -0.39 is 11.8 Å². The zero-order valence-electron chi connectivity index (χ0n) is 13.2. The molecule has 0 radical (unpaired) electrons. The number of hydrogen-bond acceptors (Lipinski definition) is 4. The van der Waals surface area contributed by atoms with E-state index in [0.717, 1.165) is 5.56 Å². The fourth-order valence-corrected chi connectivity index (χ4v) is 2.71. The van der Waals surface area contributed by atoms with Crippen molar-refractivity contribution in [1.82, 2.24) is 15.7 Å². The zero-order chi connectivity index (χ0) is 16.3. The molecule has 1 heterocycles. The number of hydrogen-bond donors (Lipinski definition) is 3. The molecule has 0 aliphatic carbocycles. The molecule has 0 saturated carbocycles. The zero-order valence-corrected chi connectivity index (χ0v) is 13.2. The highest BCUT2D eigenvalue weighted by molar-refractivity contribution is 5.95. The maximum atomic E-state index is 12.3. The molecule has 1 aromatic carbocycles. The summed E-state index contributed by atoms with van der Waals surface area (Å²) in [5.41, 5.74) is 3.35. The quantitative estimate of drug-likeness (QED) is 0.571.